The predicted molar refractivity (Wildman–Crippen MR) is 171 cm³/mol. The second-order valence-corrected chi connectivity index (χ2v) is 12.2. The maximum absolute atomic E-state index is 13.0. The van der Waals surface area contributed by atoms with Gasteiger partial charge in [-0.15, -0.1) is 0 Å². The van der Waals surface area contributed by atoms with Gasteiger partial charge in [-0.3, -0.25) is 9.69 Å². The Bertz CT molecular complexity index is 1490. The van der Waals surface area contributed by atoms with E-state index in [2.05, 4.69) is 98.5 Å². The van der Waals surface area contributed by atoms with E-state index >= 15 is 0 Å². The number of allylic oxidation sites excluding steroid dienone is 5. The molecule has 2 heterocycles. The second kappa shape index (κ2) is 11.7. The zero-order valence-corrected chi connectivity index (χ0v) is 24.8. The third kappa shape index (κ3) is 5.98. The average molecular weight is 565 g/mol. The summed E-state index contributed by atoms with van der Waals surface area (Å²) in [5.74, 6) is 1.45. The van der Waals surface area contributed by atoms with Crippen LogP contribution >= 0.6 is 24.0 Å². The van der Waals surface area contributed by atoms with Crippen molar-refractivity contribution in [3.63, 3.8) is 0 Å². The maximum Gasteiger partial charge on any atom is 0.266 e. The minimum atomic E-state index is -0.226. The third-order valence-electron chi connectivity index (χ3n) is 6.60. The predicted octanol–water partition coefficient (Wildman–Crippen LogP) is 9.15. The molecule has 6 heteroatoms. The quantitative estimate of drug-likeness (QED) is 0.220. The van der Waals surface area contributed by atoms with Crippen LogP contribution in [-0.4, -0.2) is 21.7 Å². The van der Waals surface area contributed by atoms with E-state index in [0.717, 1.165) is 34.0 Å². The fourth-order valence-corrected chi connectivity index (χ4v) is 5.86. The Hall–Kier alpha value is -3.87. The summed E-state index contributed by atoms with van der Waals surface area (Å²) in [6.07, 6.45) is 7.89. The zero-order chi connectivity index (χ0) is 28.3. The number of para-hydroxylation sites is 2. The summed E-state index contributed by atoms with van der Waals surface area (Å²) < 4.78 is 6.88. The van der Waals surface area contributed by atoms with Crippen LogP contribution in [0.3, 0.4) is 0 Å². The molecular formula is C34H32N2O2S2. The number of carbonyl (C=O) groups is 1. The first kappa shape index (κ1) is 27.7. The smallest absolute Gasteiger partial charge is 0.266 e. The Morgan fingerprint density at radius 3 is 1.95 bits per heavy atom. The molecule has 0 spiro atoms. The minimum Gasteiger partial charge on any atom is -0.461 e. The molecule has 0 aliphatic carbocycles. The summed E-state index contributed by atoms with van der Waals surface area (Å²) in [5.41, 5.74) is 4.92. The largest absolute Gasteiger partial charge is 0.461 e. The van der Waals surface area contributed by atoms with Gasteiger partial charge in [0.15, 0.2) is 0 Å². The lowest BCUT2D eigenvalue weighted by atomic mass is 9.91. The van der Waals surface area contributed by atoms with Crippen LogP contribution in [0, 0.1) is 5.41 Å². The number of benzene rings is 3. The molecule has 40 heavy (non-hydrogen) atoms. The molecule has 1 amide bonds. The van der Waals surface area contributed by atoms with E-state index in [1.54, 1.807) is 4.90 Å². The van der Waals surface area contributed by atoms with E-state index in [1.165, 1.54) is 11.8 Å². The zero-order valence-electron chi connectivity index (χ0n) is 23.1. The van der Waals surface area contributed by atoms with E-state index in [1.807, 2.05) is 43.4 Å². The lowest BCUT2D eigenvalue weighted by Crippen LogP contribution is -2.27. The number of hydrogen-bond acceptors (Lipinski definition) is 5. The molecule has 5 rings (SSSR count). The normalized spacial score (nSPS) is 17.6. The van der Waals surface area contributed by atoms with Gasteiger partial charge in [-0.05, 0) is 67.1 Å². The highest BCUT2D eigenvalue weighted by Gasteiger charge is 2.34. The third-order valence-corrected chi connectivity index (χ3v) is 8.08. The lowest BCUT2D eigenvalue weighted by molar-refractivity contribution is -0.122. The number of likely N-dealkylation sites (N-methyl/N-ethyl adjacent to an activating group) is 1. The topological polar surface area (TPSA) is 32.8 Å². The highest BCUT2D eigenvalue weighted by molar-refractivity contribution is 8.26. The first-order valence-electron chi connectivity index (χ1n) is 13.3. The van der Waals surface area contributed by atoms with Gasteiger partial charge < -0.3 is 9.64 Å². The van der Waals surface area contributed by atoms with Crippen molar-refractivity contribution in [2.24, 2.45) is 5.41 Å². The first-order valence-corrected chi connectivity index (χ1v) is 14.5. The lowest BCUT2D eigenvalue weighted by Gasteiger charge is -2.27. The van der Waals surface area contributed by atoms with E-state index < -0.39 is 0 Å². The number of amides is 1. The molecule has 0 atom stereocenters. The van der Waals surface area contributed by atoms with Gasteiger partial charge >= 0.3 is 0 Å². The van der Waals surface area contributed by atoms with Crippen LogP contribution in [0.25, 0.3) is 6.08 Å². The summed E-state index contributed by atoms with van der Waals surface area (Å²) in [6, 6.07) is 29.1. The molecule has 0 radical (unpaired) electrons. The number of rotatable bonds is 6. The van der Waals surface area contributed by atoms with E-state index in [0.29, 0.717) is 21.5 Å². The van der Waals surface area contributed by atoms with Gasteiger partial charge in [0, 0.05) is 34.6 Å². The van der Waals surface area contributed by atoms with Gasteiger partial charge in [-0.2, -0.15) is 0 Å². The molecular weight excluding hydrogens is 533 g/mol. The van der Waals surface area contributed by atoms with Crippen molar-refractivity contribution in [3.05, 3.63) is 131 Å². The standard InChI is InChI=1S/C34H32N2O2S2/c1-5-35-32(37)31(40-33(35)39)25-22-29(38-30(23-25)34(2,3)4)21-18-24-16-19-28(20-17-24)36(26-12-8-6-9-13-26)27-14-10-7-11-15-27/h6-23H,5H2,1-4H3. The van der Waals surface area contributed by atoms with Crippen molar-refractivity contribution in [1.29, 1.82) is 0 Å². The minimum absolute atomic E-state index is 0.0459. The summed E-state index contributed by atoms with van der Waals surface area (Å²) >= 11 is 6.80. The highest BCUT2D eigenvalue weighted by atomic mass is 32.2. The molecule has 0 aromatic heterocycles. The van der Waals surface area contributed by atoms with Gasteiger partial charge in [-0.1, -0.05) is 99.4 Å². The van der Waals surface area contributed by atoms with Crippen LogP contribution in [-0.2, 0) is 9.53 Å². The fraction of sp³-hybridized carbons (Fsp3) is 0.176. The van der Waals surface area contributed by atoms with Gasteiger partial charge in [0.05, 0.1) is 4.91 Å². The second-order valence-electron chi connectivity index (χ2n) is 10.5. The Morgan fingerprint density at radius 2 is 1.43 bits per heavy atom. The molecule has 2 aliphatic rings. The molecule has 3 aromatic carbocycles. The molecule has 0 saturated carbocycles. The SMILES string of the molecule is CCN1C(=O)C(=C2C=C(C=Cc3ccc(N(c4ccccc4)c4ccccc4)cc3)OC(C(C)(C)C)=C2)SC1=S. The monoisotopic (exact) mass is 564 g/mol. The first-order chi connectivity index (χ1) is 19.2. The number of carbonyl (C=O) groups excluding carboxylic acids is 1. The van der Waals surface area contributed by atoms with Gasteiger partial charge in [0.1, 0.15) is 15.8 Å². The van der Waals surface area contributed by atoms with Crippen LogP contribution in [0.5, 0.6) is 0 Å². The number of thiocarbonyl (C=S) groups is 1. The number of hydrogen-bond donors (Lipinski definition) is 0. The van der Waals surface area contributed by atoms with Crippen LogP contribution in [0.2, 0.25) is 0 Å². The molecule has 0 N–H and O–H groups in total. The van der Waals surface area contributed by atoms with E-state index in [4.69, 9.17) is 17.0 Å². The van der Waals surface area contributed by atoms with Crippen LogP contribution in [0.15, 0.2) is 125 Å². The number of ether oxygens (including phenoxy) is 1. The number of nitrogens with zero attached hydrogens (tertiary/aromatic N) is 2. The maximum atomic E-state index is 13.0. The summed E-state index contributed by atoms with van der Waals surface area (Å²) in [7, 11) is 0. The Kier molecular flexibility index (Phi) is 8.10. The molecule has 2 aliphatic heterocycles. The summed E-state index contributed by atoms with van der Waals surface area (Å²) in [5, 5.41) is 0. The van der Waals surface area contributed by atoms with Crippen molar-refractivity contribution >= 4 is 57.3 Å². The average Bonchev–Trinajstić information content (AvgIpc) is 3.26. The van der Waals surface area contributed by atoms with Gasteiger partial charge in [0.2, 0.25) is 0 Å². The fourth-order valence-electron chi connectivity index (χ4n) is 4.47. The Labute approximate surface area is 246 Å². The Balaban J connectivity index is 1.44. The van der Waals surface area contributed by atoms with E-state index in [9.17, 15) is 4.79 Å². The molecule has 1 saturated heterocycles. The van der Waals surface area contributed by atoms with Gasteiger partial charge in [-0.25, -0.2) is 0 Å². The van der Waals surface area contributed by atoms with Crippen molar-refractivity contribution in [2.75, 3.05) is 11.4 Å². The van der Waals surface area contributed by atoms with Crippen molar-refractivity contribution in [3.8, 4) is 0 Å². The molecule has 3 aromatic rings. The molecule has 1 fully saturated rings. The molecule has 202 valence electrons. The molecule has 0 unspecified atom stereocenters. The molecule has 4 nitrogen and oxygen atoms in total. The van der Waals surface area contributed by atoms with E-state index in [-0.39, 0.29) is 11.3 Å². The highest BCUT2D eigenvalue weighted by Crippen LogP contribution is 2.40. The van der Waals surface area contributed by atoms with Crippen LogP contribution < -0.4 is 4.90 Å². The summed E-state index contributed by atoms with van der Waals surface area (Å²) in [4.78, 5) is 17.5. The van der Waals surface area contributed by atoms with Crippen LogP contribution in [0.1, 0.15) is 33.3 Å². The van der Waals surface area contributed by atoms with Crippen molar-refractivity contribution < 1.29 is 9.53 Å². The number of anilines is 3. The van der Waals surface area contributed by atoms with Crippen molar-refractivity contribution in [1.82, 2.24) is 4.90 Å². The van der Waals surface area contributed by atoms with Gasteiger partial charge in [0.25, 0.3) is 5.91 Å². The van der Waals surface area contributed by atoms with Crippen LogP contribution in [0.4, 0.5) is 17.1 Å². The summed E-state index contributed by atoms with van der Waals surface area (Å²) in [6.45, 7) is 8.80. The Morgan fingerprint density at radius 1 is 0.850 bits per heavy atom. The molecule has 0 bridgehead atoms. The number of thioether (sulfide) groups is 1. The van der Waals surface area contributed by atoms with Crippen molar-refractivity contribution in [2.45, 2.75) is 27.7 Å².